The summed E-state index contributed by atoms with van der Waals surface area (Å²) < 4.78 is 6.30. The van der Waals surface area contributed by atoms with Crippen LogP contribution in [0.4, 0.5) is 0 Å². The molecule has 2 aromatic carbocycles. The monoisotopic (exact) mass is 437 g/mol. The molecule has 160 valence electrons. The molecule has 0 saturated carbocycles. The van der Waals surface area contributed by atoms with Crippen LogP contribution in [0.15, 0.2) is 58.5 Å². The Hall–Kier alpha value is -3.13. The summed E-state index contributed by atoms with van der Waals surface area (Å²) >= 11 is 1.24. The lowest BCUT2D eigenvalue weighted by atomic mass is 10.1. The molecule has 3 aromatic rings. The van der Waals surface area contributed by atoms with Gasteiger partial charge in [-0.05, 0) is 49.6 Å². The van der Waals surface area contributed by atoms with Gasteiger partial charge in [-0.25, -0.2) is 9.78 Å². The summed E-state index contributed by atoms with van der Waals surface area (Å²) in [5.74, 6) is -0.256. The molecule has 8 heteroatoms. The maximum Gasteiger partial charge on any atom is 0.337 e. The number of carbonyl (C=O) groups is 2. The number of rotatable bonds is 5. The van der Waals surface area contributed by atoms with E-state index in [1.165, 1.54) is 23.4 Å². The molecule has 0 N–H and O–H groups in total. The van der Waals surface area contributed by atoms with Crippen molar-refractivity contribution in [2.24, 2.45) is 0 Å². The number of carbonyl (C=O) groups excluding carboxylic acids is 2. The fourth-order valence-corrected chi connectivity index (χ4v) is 4.59. The largest absolute Gasteiger partial charge is 0.465 e. The number of amides is 1. The third kappa shape index (κ3) is 4.49. The van der Waals surface area contributed by atoms with Gasteiger partial charge in [-0.15, -0.1) is 0 Å². The summed E-state index contributed by atoms with van der Waals surface area (Å²) in [5, 5.41) is 0.805. The second kappa shape index (κ2) is 9.34. The highest BCUT2D eigenvalue weighted by atomic mass is 32.2. The van der Waals surface area contributed by atoms with Gasteiger partial charge in [0.25, 0.3) is 5.56 Å². The first kappa shape index (κ1) is 21.1. The summed E-state index contributed by atoms with van der Waals surface area (Å²) in [7, 11) is 1.31. The molecule has 31 heavy (non-hydrogen) atoms. The van der Waals surface area contributed by atoms with Gasteiger partial charge >= 0.3 is 5.97 Å². The lowest BCUT2D eigenvalue weighted by Crippen LogP contribution is -2.36. The molecule has 0 radical (unpaired) electrons. The molecular weight excluding hydrogens is 414 g/mol. The van der Waals surface area contributed by atoms with Crippen LogP contribution in [0, 0.1) is 0 Å². The number of ether oxygens (including phenoxy) is 1. The van der Waals surface area contributed by atoms with Crippen LogP contribution in [0.1, 0.15) is 29.6 Å². The molecule has 1 aliphatic heterocycles. The third-order valence-corrected chi connectivity index (χ3v) is 6.23. The molecule has 0 unspecified atom stereocenters. The van der Waals surface area contributed by atoms with Crippen LogP contribution >= 0.6 is 11.8 Å². The number of aromatic nitrogens is 2. The van der Waals surface area contributed by atoms with Crippen LogP contribution in [0.3, 0.4) is 0 Å². The molecule has 0 bridgehead atoms. The van der Waals surface area contributed by atoms with Crippen LogP contribution < -0.4 is 5.56 Å². The van der Waals surface area contributed by atoms with E-state index in [-0.39, 0.29) is 17.2 Å². The van der Waals surface area contributed by atoms with Crippen molar-refractivity contribution in [1.29, 1.82) is 0 Å². The van der Waals surface area contributed by atoms with Crippen molar-refractivity contribution in [2.45, 2.75) is 24.4 Å². The zero-order chi connectivity index (χ0) is 21.8. The number of fused-ring (bicyclic) bond motifs is 1. The lowest BCUT2D eigenvalue weighted by molar-refractivity contribution is -0.129. The number of esters is 1. The van der Waals surface area contributed by atoms with Gasteiger partial charge in [-0.2, -0.15) is 0 Å². The van der Waals surface area contributed by atoms with Gasteiger partial charge in [0.1, 0.15) is 0 Å². The van der Waals surface area contributed by atoms with E-state index in [4.69, 9.17) is 4.74 Å². The number of piperidine rings is 1. The first-order valence-electron chi connectivity index (χ1n) is 10.2. The van der Waals surface area contributed by atoms with Crippen LogP contribution in [-0.4, -0.2) is 52.3 Å². The van der Waals surface area contributed by atoms with Crippen molar-refractivity contribution in [1.82, 2.24) is 14.5 Å². The molecule has 2 heterocycles. The topological polar surface area (TPSA) is 81.5 Å². The van der Waals surface area contributed by atoms with E-state index >= 15 is 0 Å². The molecule has 1 amide bonds. The van der Waals surface area contributed by atoms with Gasteiger partial charge < -0.3 is 9.64 Å². The Labute approximate surface area is 184 Å². The Bertz CT molecular complexity index is 1170. The molecule has 0 aliphatic carbocycles. The van der Waals surface area contributed by atoms with Gasteiger partial charge in [0.05, 0.1) is 35.0 Å². The van der Waals surface area contributed by atoms with E-state index < -0.39 is 5.97 Å². The minimum absolute atomic E-state index is 0.0435. The summed E-state index contributed by atoms with van der Waals surface area (Å²) in [5.41, 5.74) is 1.14. The smallest absolute Gasteiger partial charge is 0.337 e. The van der Waals surface area contributed by atoms with Crippen molar-refractivity contribution in [3.05, 3.63) is 64.4 Å². The van der Waals surface area contributed by atoms with E-state index in [0.29, 0.717) is 27.3 Å². The van der Waals surface area contributed by atoms with Gasteiger partial charge in [0.2, 0.25) is 5.91 Å². The fourth-order valence-electron chi connectivity index (χ4n) is 3.67. The van der Waals surface area contributed by atoms with Crippen LogP contribution in [0.5, 0.6) is 0 Å². The number of hydrogen-bond donors (Lipinski definition) is 0. The highest BCUT2D eigenvalue weighted by Gasteiger charge is 2.20. The summed E-state index contributed by atoms with van der Waals surface area (Å²) in [6, 6.07) is 13.9. The van der Waals surface area contributed by atoms with Crippen LogP contribution in [0.25, 0.3) is 16.6 Å². The molecule has 4 rings (SSSR count). The maximum absolute atomic E-state index is 13.3. The van der Waals surface area contributed by atoms with Crippen LogP contribution in [0.2, 0.25) is 0 Å². The van der Waals surface area contributed by atoms with Gasteiger partial charge in [-0.1, -0.05) is 30.0 Å². The molecule has 1 saturated heterocycles. The maximum atomic E-state index is 13.3. The number of thioether (sulfide) groups is 1. The predicted octanol–water partition coefficient (Wildman–Crippen LogP) is 3.28. The van der Waals surface area contributed by atoms with E-state index in [2.05, 4.69) is 4.98 Å². The van der Waals surface area contributed by atoms with Crippen molar-refractivity contribution < 1.29 is 14.3 Å². The average molecular weight is 438 g/mol. The number of nitrogens with zero attached hydrogens (tertiary/aromatic N) is 3. The minimum Gasteiger partial charge on any atom is -0.465 e. The molecule has 7 nitrogen and oxygen atoms in total. The summed E-state index contributed by atoms with van der Waals surface area (Å²) in [4.78, 5) is 44.5. The number of methoxy groups -OCH3 is 1. The Kier molecular flexibility index (Phi) is 6.36. The first-order chi connectivity index (χ1) is 15.1. The van der Waals surface area contributed by atoms with Crippen LogP contribution in [-0.2, 0) is 9.53 Å². The SMILES string of the molecule is COC(=O)c1ccc2c(=O)n(-c3ccccc3)c(SCC(=O)N3CCCCC3)nc2c1. The number of hydrogen-bond acceptors (Lipinski definition) is 6. The number of para-hydroxylation sites is 1. The minimum atomic E-state index is -0.495. The summed E-state index contributed by atoms with van der Waals surface area (Å²) in [6.45, 7) is 1.55. The van der Waals surface area contributed by atoms with E-state index in [0.717, 1.165) is 32.4 Å². The predicted molar refractivity (Wildman–Crippen MR) is 120 cm³/mol. The Morgan fingerprint density at radius 3 is 2.52 bits per heavy atom. The first-order valence-corrected chi connectivity index (χ1v) is 11.2. The van der Waals surface area contributed by atoms with Crippen molar-refractivity contribution in [3.8, 4) is 5.69 Å². The van der Waals surface area contributed by atoms with Crippen molar-refractivity contribution in [2.75, 3.05) is 26.0 Å². The Balaban J connectivity index is 1.75. The molecule has 1 aliphatic rings. The molecule has 0 atom stereocenters. The molecular formula is C23H23N3O4S. The van der Waals surface area contributed by atoms with Gasteiger partial charge in [0, 0.05) is 13.1 Å². The van der Waals surface area contributed by atoms with Gasteiger partial charge in [0.15, 0.2) is 5.16 Å². The highest BCUT2D eigenvalue weighted by Crippen LogP contribution is 2.23. The standard InChI is InChI=1S/C23H23N3O4S/c1-30-22(29)16-10-11-18-19(14-16)24-23(26(21(18)28)17-8-4-2-5-9-17)31-15-20(27)25-12-6-3-7-13-25/h2,4-5,8-11,14H,3,6-7,12-13,15H2,1H3. The summed E-state index contributed by atoms with van der Waals surface area (Å²) in [6.07, 6.45) is 3.20. The fraction of sp³-hybridized carbons (Fsp3) is 0.304. The van der Waals surface area contributed by atoms with Gasteiger partial charge in [-0.3, -0.25) is 14.2 Å². The van der Waals surface area contributed by atoms with E-state index in [1.54, 1.807) is 18.2 Å². The van der Waals surface area contributed by atoms with Crippen molar-refractivity contribution >= 4 is 34.5 Å². The quantitative estimate of drug-likeness (QED) is 0.346. The highest BCUT2D eigenvalue weighted by molar-refractivity contribution is 7.99. The normalized spacial score (nSPS) is 13.9. The second-order valence-corrected chi connectivity index (χ2v) is 8.27. The zero-order valence-corrected chi connectivity index (χ0v) is 18.1. The number of benzene rings is 2. The molecule has 1 aromatic heterocycles. The van der Waals surface area contributed by atoms with Crippen molar-refractivity contribution in [3.63, 3.8) is 0 Å². The molecule has 1 fully saturated rings. The lowest BCUT2D eigenvalue weighted by Gasteiger charge is -2.26. The molecule has 0 spiro atoms. The average Bonchev–Trinajstić information content (AvgIpc) is 2.82. The second-order valence-electron chi connectivity index (χ2n) is 7.32. The Morgan fingerprint density at radius 2 is 1.81 bits per heavy atom. The van der Waals surface area contributed by atoms with E-state index in [1.807, 2.05) is 35.2 Å². The zero-order valence-electron chi connectivity index (χ0n) is 17.2. The Morgan fingerprint density at radius 1 is 1.06 bits per heavy atom. The number of likely N-dealkylation sites (tertiary alicyclic amines) is 1. The van der Waals surface area contributed by atoms with E-state index in [9.17, 15) is 14.4 Å². The third-order valence-electron chi connectivity index (χ3n) is 5.31.